The second-order valence-electron chi connectivity index (χ2n) is 16.2. The number of allylic oxidation sites excluding steroid dienone is 8. The van der Waals surface area contributed by atoms with Gasteiger partial charge in [0.05, 0.1) is 25.2 Å². The van der Waals surface area contributed by atoms with Gasteiger partial charge >= 0.3 is 5.97 Å². The van der Waals surface area contributed by atoms with Crippen LogP contribution in [0.25, 0.3) is 0 Å². The van der Waals surface area contributed by atoms with Crippen LogP contribution >= 0.6 is 0 Å². The minimum absolute atomic E-state index is 0.0618. The largest absolute Gasteiger partial charge is 0.462 e. The number of carbonyl (C=O) groups excluding carboxylic acids is 2. The molecule has 6 heteroatoms. The maximum Gasteiger partial charge on any atom is 0.306 e. The number of hydrogen-bond donors (Lipinski definition) is 3. The highest BCUT2D eigenvalue weighted by atomic mass is 16.5. The van der Waals surface area contributed by atoms with Gasteiger partial charge in [-0.2, -0.15) is 0 Å². The second-order valence-corrected chi connectivity index (χ2v) is 16.2. The zero-order valence-corrected chi connectivity index (χ0v) is 37.0. The molecule has 0 saturated carbocycles. The number of nitrogens with one attached hydrogen (secondary N) is 1. The number of aliphatic hydroxyl groups excluding tert-OH is 2. The predicted molar refractivity (Wildman–Crippen MR) is 241 cm³/mol. The van der Waals surface area contributed by atoms with Crippen molar-refractivity contribution in [2.45, 2.75) is 251 Å². The van der Waals surface area contributed by atoms with E-state index in [1.807, 2.05) is 30.4 Å². The molecule has 326 valence electrons. The Morgan fingerprint density at radius 2 is 0.964 bits per heavy atom. The average Bonchev–Trinajstić information content (AvgIpc) is 3.19. The third-order valence-electron chi connectivity index (χ3n) is 10.8. The fraction of sp³-hybridized carbons (Fsp3) is 0.800. The molecule has 3 atom stereocenters. The molecule has 0 aliphatic rings. The highest BCUT2D eigenvalue weighted by molar-refractivity contribution is 5.77. The van der Waals surface area contributed by atoms with Gasteiger partial charge in [-0.15, -0.1) is 0 Å². The first-order valence-corrected chi connectivity index (χ1v) is 23.9. The van der Waals surface area contributed by atoms with E-state index < -0.39 is 18.2 Å². The van der Waals surface area contributed by atoms with E-state index in [1.165, 1.54) is 116 Å². The molecule has 0 aromatic carbocycles. The molecule has 0 fully saturated rings. The number of rotatable bonds is 42. The van der Waals surface area contributed by atoms with Crippen LogP contribution in [0.3, 0.4) is 0 Å². The lowest BCUT2D eigenvalue weighted by molar-refractivity contribution is -0.151. The van der Waals surface area contributed by atoms with Gasteiger partial charge < -0.3 is 20.3 Å². The molecule has 0 aromatic heterocycles. The summed E-state index contributed by atoms with van der Waals surface area (Å²) >= 11 is 0. The smallest absolute Gasteiger partial charge is 0.306 e. The van der Waals surface area contributed by atoms with E-state index >= 15 is 0 Å². The van der Waals surface area contributed by atoms with Crippen molar-refractivity contribution in [3.05, 3.63) is 48.6 Å². The number of hydrogen-bond acceptors (Lipinski definition) is 5. The summed E-state index contributed by atoms with van der Waals surface area (Å²) < 4.78 is 5.86. The molecule has 0 rings (SSSR count). The topological polar surface area (TPSA) is 95.9 Å². The number of carbonyl (C=O) groups is 2. The summed E-state index contributed by atoms with van der Waals surface area (Å²) in [5.41, 5.74) is 0. The Bertz CT molecular complexity index is 972. The van der Waals surface area contributed by atoms with Crippen molar-refractivity contribution in [2.75, 3.05) is 6.61 Å². The Kier molecular flexibility index (Phi) is 42.2. The van der Waals surface area contributed by atoms with Crippen LogP contribution in [0.1, 0.15) is 233 Å². The van der Waals surface area contributed by atoms with E-state index in [0.717, 1.165) is 70.6 Å². The standard InChI is InChI=1S/C50H91NO5/c1-4-7-10-13-16-18-20-22-23-24-25-27-28-30-33-36-39-42-48(53)47(45-52)51-49(54)44-46(41-38-35-32-15-12-9-6-3)56-50(55)43-40-37-34-31-29-26-21-19-17-14-11-8-5-2/h8,11,14,17,19,21,26,29,46-48,52-53H,4-7,9-10,12-13,15-16,18,20,22-25,27-28,30-45H2,1-3H3,(H,51,54)/b11-8+,17-14+,21-19-,29-26-. The van der Waals surface area contributed by atoms with Gasteiger partial charge in [-0.3, -0.25) is 9.59 Å². The SMILES string of the molecule is CC/C=C/C=C/C=C\C=C/CCCCCC(=O)OC(CCCCCCCCC)CC(=O)NC(CO)C(O)CCCCCCCCCCCCCCCCCCC. The monoisotopic (exact) mass is 786 g/mol. The van der Waals surface area contributed by atoms with Crippen molar-refractivity contribution in [1.82, 2.24) is 5.32 Å². The second kappa shape index (κ2) is 43.9. The highest BCUT2D eigenvalue weighted by Crippen LogP contribution is 2.18. The summed E-state index contributed by atoms with van der Waals surface area (Å²) in [5.74, 6) is -0.523. The third kappa shape index (κ3) is 38.7. The van der Waals surface area contributed by atoms with E-state index in [2.05, 4.69) is 44.3 Å². The number of ether oxygens (including phenoxy) is 1. The van der Waals surface area contributed by atoms with Crippen LogP contribution in [0.2, 0.25) is 0 Å². The van der Waals surface area contributed by atoms with Crippen molar-refractivity contribution < 1.29 is 24.5 Å². The number of unbranched alkanes of at least 4 members (excludes halogenated alkanes) is 25. The van der Waals surface area contributed by atoms with E-state index in [9.17, 15) is 19.8 Å². The Morgan fingerprint density at radius 3 is 1.45 bits per heavy atom. The maximum absolute atomic E-state index is 13.1. The zero-order chi connectivity index (χ0) is 41.0. The van der Waals surface area contributed by atoms with Crippen LogP contribution in [-0.4, -0.2) is 46.9 Å². The molecule has 6 nitrogen and oxygen atoms in total. The first-order chi connectivity index (χ1) is 27.5. The van der Waals surface area contributed by atoms with Crippen molar-refractivity contribution in [2.24, 2.45) is 0 Å². The van der Waals surface area contributed by atoms with Gasteiger partial charge in [-0.25, -0.2) is 0 Å². The number of esters is 1. The third-order valence-corrected chi connectivity index (χ3v) is 10.8. The summed E-state index contributed by atoms with van der Waals surface area (Å²) in [6, 6.07) is -0.706. The zero-order valence-electron chi connectivity index (χ0n) is 37.0. The maximum atomic E-state index is 13.1. The Hall–Kier alpha value is -2.18. The molecule has 0 aliphatic carbocycles. The number of aliphatic hydroxyl groups is 2. The van der Waals surface area contributed by atoms with Crippen LogP contribution in [0.15, 0.2) is 48.6 Å². The lowest BCUT2D eigenvalue weighted by Gasteiger charge is -2.24. The van der Waals surface area contributed by atoms with Gasteiger partial charge in [0.1, 0.15) is 6.10 Å². The molecule has 1 amide bonds. The Labute approximate surface area is 346 Å². The first kappa shape index (κ1) is 53.8. The summed E-state index contributed by atoms with van der Waals surface area (Å²) in [4.78, 5) is 25.9. The molecule has 3 N–H and O–H groups in total. The van der Waals surface area contributed by atoms with Gasteiger partial charge in [0.2, 0.25) is 5.91 Å². The summed E-state index contributed by atoms with van der Waals surface area (Å²) in [6.45, 7) is 6.30. The van der Waals surface area contributed by atoms with E-state index in [1.54, 1.807) is 0 Å². The normalized spacial score (nSPS) is 13.7. The molecule has 0 saturated heterocycles. The minimum Gasteiger partial charge on any atom is -0.462 e. The van der Waals surface area contributed by atoms with Gasteiger partial charge in [-0.1, -0.05) is 223 Å². The first-order valence-electron chi connectivity index (χ1n) is 23.9. The molecule has 0 spiro atoms. The summed E-state index contributed by atoms with van der Waals surface area (Å²) in [5, 5.41) is 23.7. The molecular formula is C50H91NO5. The van der Waals surface area contributed by atoms with Crippen molar-refractivity contribution in [1.29, 1.82) is 0 Å². The summed E-state index contributed by atoms with van der Waals surface area (Å²) in [6.07, 6.45) is 51.9. The molecule has 0 heterocycles. The van der Waals surface area contributed by atoms with E-state index in [0.29, 0.717) is 19.3 Å². The molecular weight excluding hydrogens is 695 g/mol. The van der Waals surface area contributed by atoms with E-state index in [4.69, 9.17) is 4.74 Å². The van der Waals surface area contributed by atoms with Gasteiger partial charge in [0.25, 0.3) is 0 Å². The molecule has 3 unspecified atom stereocenters. The Morgan fingerprint density at radius 1 is 0.536 bits per heavy atom. The minimum atomic E-state index is -0.792. The van der Waals surface area contributed by atoms with Crippen molar-refractivity contribution in [3.63, 3.8) is 0 Å². The van der Waals surface area contributed by atoms with Gasteiger partial charge in [-0.05, 0) is 44.9 Å². The van der Waals surface area contributed by atoms with Crippen molar-refractivity contribution in [3.8, 4) is 0 Å². The molecule has 0 aliphatic heterocycles. The summed E-state index contributed by atoms with van der Waals surface area (Å²) in [7, 11) is 0. The van der Waals surface area contributed by atoms with Crippen LogP contribution in [0.5, 0.6) is 0 Å². The van der Waals surface area contributed by atoms with Crippen LogP contribution in [0.4, 0.5) is 0 Å². The van der Waals surface area contributed by atoms with Crippen LogP contribution < -0.4 is 5.32 Å². The highest BCUT2D eigenvalue weighted by Gasteiger charge is 2.24. The predicted octanol–water partition coefficient (Wildman–Crippen LogP) is 13.9. The van der Waals surface area contributed by atoms with Crippen molar-refractivity contribution >= 4 is 11.9 Å². The van der Waals surface area contributed by atoms with E-state index in [-0.39, 0.29) is 24.9 Å². The Balaban J connectivity index is 4.40. The molecule has 0 radical (unpaired) electrons. The quantitative estimate of drug-likeness (QED) is 0.0325. The lowest BCUT2D eigenvalue weighted by atomic mass is 10.0. The number of amides is 1. The van der Waals surface area contributed by atoms with Gasteiger partial charge in [0.15, 0.2) is 0 Å². The van der Waals surface area contributed by atoms with Crippen LogP contribution in [-0.2, 0) is 14.3 Å². The fourth-order valence-electron chi connectivity index (χ4n) is 7.15. The van der Waals surface area contributed by atoms with Gasteiger partial charge in [0, 0.05) is 6.42 Å². The fourth-order valence-corrected chi connectivity index (χ4v) is 7.15. The van der Waals surface area contributed by atoms with Crippen LogP contribution in [0, 0.1) is 0 Å². The average molecular weight is 786 g/mol. The molecule has 0 bridgehead atoms. The molecule has 56 heavy (non-hydrogen) atoms. The molecule has 0 aromatic rings. The lowest BCUT2D eigenvalue weighted by Crippen LogP contribution is -2.46.